The van der Waals surface area contributed by atoms with E-state index >= 15 is 0 Å². The molecule has 1 aromatic rings. The number of halogens is 1. The maximum Gasteiger partial charge on any atom is 0.124 e. The van der Waals surface area contributed by atoms with Crippen LogP contribution in [-0.2, 0) is 0 Å². The molecule has 0 radical (unpaired) electrons. The first-order valence-corrected chi connectivity index (χ1v) is 7.50. The third kappa shape index (κ3) is 5.10. The van der Waals surface area contributed by atoms with Crippen LogP contribution in [0.5, 0.6) is 5.75 Å². The van der Waals surface area contributed by atoms with Gasteiger partial charge in [0.1, 0.15) is 18.2 Å². The van der Waals surface area contributed by atoms with Crippen LogP contribution >= 0.6 is 0 Å². The van der Waals surface area contributed by atoms with E-state index in [1.807, 2.05) is 13.8 Å². The monoisotopic (exact) mass is 282 g/mol. The molecule has 114 valence electrons. The Morgan fingerprint density at radius 1 is 1.25 bits per heavy atom. The van der Waals surface area contributed by atoms with Crippen molar-refractivity contribution in [1.82, 2.24) is 10.2 Å². The van der Waals surface area contributed by atoms with Crippen LogP contribution in [0.25, 0.3) is 0 Å². The Bertz CT molecular complexity index is 394. The van der Waals surface area contributed by atoms with E-state index in [1.54, 1.807) is 12.1 Å². The molecule has 0 fully saturated rings. The summed E-state index contributed by atoms with van der Waals surface area (Å²) in [7, 11) is 0. The second-order valence-electron chi connectivity index (χ2n) is 4.84. The van der Waals surface area contributed by atoms with Crippen molar-refractivity contribution in [2.24, 2.45) is 0 Å². The van der Waals surface area contributed by atoms with Crippen LogP contribution in [0.1, 0.15) is 39.3 Å². The first kappa shape index (κ1) is 16.9. The van der Waals surface area contributed by atoms with Crippen molar-refractivity contribution < 1.29 is 9.13 Å². The van der Waals surface area contributed by atoms with Crippen LogP contribution in [-0.4, -0.2) is 37.7 Å². The first-order chi connectivity index (χ1) is 9.62. The Morgan fingerprint density at radius 2 is 1.95 bits per heavy atom. The Kier molecular flexibility index (Phi) is 7.55. The van der Waals surface area contributed by atoms with Crippen LogP contribution in [0.4, 0.5) is 4.39 Å². The van der Waals surface area contributed by atoms with E-state index in [-0.39, 0.29) is 11.9 Å². The molecule has 0 amide bonds. The molecule has 0 aliphatic heterocycles. The van der Waals surface area contributed by atoms with Crippen molar-refractivity contribution in [3.05, 3.63) is 29.6 Å². The number of hydrogen-bond donors (Lipinski definition) is 1. The van der Waals surface area contributed by atoms with Gasteiger partial charge >= 0.3 is 0 Å². The minimum Gasteiger partial charge on any atom is -0.492 e. The SMILES string of the molecule is CCNC(C)c1cc(F)ccc1OCCN(CC)CC. The molecule has 0 heterocycles. The Balaban J connectivity index is 2.68. The summed E-state index contributed by atoms with van der Waals surface area (Å²) >= 11 is 0. The van der Waals surface area contributed by atoms with Crippen LogP contribution in [0.2, 0.25) is 0 Å². The number of ether oxygens (including phenoxy) is 1. The highest BCUT2D eigenvalue weighted by Crippen LogP contribution is 2.26. The van der Waals surface area contributed by atoms with E-state index in [0.717, 1.165) is 37.5 Å². The Hall–Kier alpha value is -1.13. The van der Waals surface area contributed by atoms with Gasteiger partial charge in [0.15, 0.2) is 0 Å². The summed E-state index contributed by atoms with van der Waals surface area (Å²) in [5, 5.41) is 3.29. The van der Waals surface area contributed by atoms with Crippen LogP contribution in [0.3, 0.4) is 0 Å². The topological polar surface area (TPSA) is 24.5 Å². The van der Waals surface area contributed by atoms with Crippen molar-refractivity contribution in [3.8, 4) is 5.75 Å². The third-order valence-electron chi connectivity index (χ3n) is 3.51. The van der Waals surface area contributed by atoms with Gasteiger partial charge < -0.3 is 15.0 Å². The second-order valence-corrected chi connectivity index (χ2v) is 4.84. The van der Waals surface area contributed by atoms with Gasteiger partial charge in [-0.2, -0.15) is 0 Å². The molecule has 1 rings (SSSR count). The molecule has 1 unspecified atom stereocenters. The fourth-order valence-corrected chi connectivity index (χ4v) is 2.23. The molecule has 0 spiro atoms. The van der Waals surface area contributed by atoms with E-state index in [4.69, 9.17) is 4.74 Å². The standard InChI is InChI=1S/C16H27FN2O/c1-5-18-13(4)15-12-14(17)8-9-16(15)20-11-10-19(6-2)7-3/h8-9,12-13,18H,5-7,10-11H2,1-4H3. The average molecular weight is 282 g/mol. The van der Waals surface area contributed by atoms with Crippen molar-refractivity contribution in [1.29, 1.82) is 0 Å². The van der Waals surface area contributed by atoms with Gasteiger partial charge in [-0.3, -0.25) is 0 Å². The van der Waals surface area contributed by atoms with E-state index in [2.05, 4.69) is 24.1 Å². The highest BCUT2D eigenvalue weighted by Gasteiger charge is 2.12. The zero-order valence-electron chi connectivity index (χ0n) is 13.1. The van der Waals surface area contributed by atoms with Crippen molar-refractivity contribution >= 4 is 0 Å². The number of hydrogen-bond acceptors (Lipinski definition) is 3. The van der Waals surface area contributed by atoms with Gasteiger partial charge in [0.25, 0.3) is 0 Å². The average Bonchev–Trinajstić information content (AvgIpc) is 2.45. The molecule has 0 aromatic heterocycles. The molecule has 1 N–H and O–H groups in total. The predicted octanol–water partition coefficient (Wildman–Crippen LogP) is 3.22. The molecule has 20 heavy (non-hydrogen) atoms. The predicted molar refractivity (Wildman–Crippen MR) is 81.8 cm³/mol. The Morgan fingerprint density at radius 3 is 2.55 bits per heavy atom. The fraction of sp³-hybridized carbons (Fsp3) is 0.625. The molecule has 0 saturated carbocycles. The molecule has 0 aliphatic rings. The summed E-state index contributed by atoms with van der Waals surface area (Å²) < 4.78 is 19.3. The summed E-state index contributed by atoms with van der Waals surface area (Å²) in [6.07, 6.45) is 0. The van der Waals surface area contributed by atoms with Crippen LogP contribution in [0.15, 0.2) is 18.2 Å². The molecule has 4 heteroatoms. The van der Waals surface area contributed by atoms with Crippen LogP contribution in [0, 0.1) is 5.82 Å². The lowest BCUT2D eigenvalue weighted by Gasteiger charge is -2.21. The minimum absolute atomic E-state index is 0.0825. The van der Waals surface area contributed by atoms with Crippen LogP contribution < -0.4 is 10.1 Å². The molecule has 3 nitrogen and oxygen atoms in total. The second kappa shape index (κ2) is 8.93. The molecule has 1 aromatic carbocycles. The number of rotatable bonds is 9. The van der Waals surface area contributed by atoms with Gasteiger partial charge in [-0.1, -0.05) is 20.8 Å². The lowest BCUT2D eigenvalue weighted by Crippen LogP contribution is -2.28. The maximum absolute atomic E-state index is 13.4. The van der Waals surface area contributed by atoms with Gasteiger partial charge in [0.05, 0.1) is 0 Å². The minimum atomic E-state index is -0.221. The van der Waals surface area contributed by atoms with Crippen molar-refractivity contribution in [2.45, 2.75) is 33.7 Å². The highest BCUT2D eigenvalue weighted by molar-refractivity contribution is 5.36. The summed E-state index contributed by atoms with van der Waals surface area (Å²) in [5.41, 5.74) is 0.881. The lowest BCUT2D eigenvalue weighted by molar-refractivity contribution is 0.220. The summed E-state index contributed by atoms with van der Waals surface area (Å²) in [6, 6.07) is 4.81. The molecular weight excluding hydrogens is 255 g/mol. The summed E-state index contributed by atoms with van der Waals surface area (Å²) in [5.74, 6) is 0.549. The van der Waals surface area contributed by atoms with Crippen molar-refractivity contribution in [3.63, 3.8) is 0 Å². The van der Waals surface area contributed by atoms with Gasteiger partial charge in [-0.25, -0.2) is 4.39 Å². The molecule has 0 aliphatic carbocycles. The number of likely N-dealkylation sites (N-methyl/N-ethyl adjacent to an activating group) is 1. The summed E-state index contributed by atoms with van der Waals surface area (Å²) in [4.78, 5) is 2.30. The van der Waals surface area contributed by atoms with Gasteiger partial charge in [-0.05, 0) is 44.8 Å². The lowest BCUT2D eigenvalue weighted by atomic mass is 10.1. The zero-order valence-corrected chi connectivity index (χ0v) is 13.1. The highest BCUT2D eigenvalue weighted by atomic mass is 19.1. The quantitative estimate of drug-likeness (QED) is 0.752. The number of nitrogens with one attached hydrogen (secondary N) is 1. The van der Waals surface area contributed by atoms with E-state index in [9.17, 15) is 4.39 Å². The van der Waals surface area contributed by atoms with Crippen molar-refractivity contribution in [2.75, 3.05) is 32.8 Å². The third-order valence-corrected chi connectivity index (χ3v) is 3.51. The normalized spacial score (nSPS) is 12.7. The molecule has 0 saturated heterocycles. The zero-order chi connectivity index (χ0) is 15.0. The smallest absolute Gasteiger partial charge is 0.124 e. The molecule has 0 bridgehead atoms. The van der Waals surface area contributed by atoms with Gasteiger partial charge in [0, 0.05) is 18.2 Å². The largest absolute Gasteiger partial charge is 0.492 e. The number of nitrogens with zero attached hydrogens (tertiary/aromatic N) is 1. The first-order valence-electron chi connectivity index (χ1n) is 7.50. The summed E-state index contributed by atoms with van der Waals surface area (Å²) in [6.45, 7) is 12.7. The Labute approximate surface area is 122 Å². The van der Waals surface area contributed by atoms with Gasteiger partial charge in [-0.15, -0.1) is 0 Å². The van der Waals surface area contributed by atoms with Gasteiger partial charge in [0.2, 0.25) is 0 Å². The number of benzene rings is 1. The van der Waals surface area contributed by atoms with E-state index in [1.165, 1.54) is 6.07 Å². The fourth-order valence-electron chi connectivity index (χ4n) is 2.23. The maximum atomic E-state index is 13.4. The molecular formula is C16H27FN2O. The van der Waals surface area contributed by atoms with E-state index in [0.29, 0.717) is 6.61 Å². The molecule has 1 atom stereocenters. The van der Waals surface area contributed by atoms with E-state index < -0.39 is 0 Å².